The van der Waals surface area contributed by atoms with Crippen LogP contribution in [0, 0.1) is 17.7 Å². The number of carbonyl (C=O) groups is 1. The van der Waals surface area contributed by atoms with Gasteiger partial charge in [-0.3, -0.25) is 9.78 Å². The van der Waals surface area contributed by atoms with Gasteiger partial charge in [-0.25, -0.2) is 4.39 Å². The average Bonchev–Trinajstić information content (AvgIpc) is 2.88. The second-order valence-corrected chi connectivity index (χ2v) is 4.74. The predicted octanol–water partition coefficient (Wildman–Crippen LogP) is 1.36. The van der Waals surface area contributed by atoms with E-state index in [0.29, 0.717) is 11.8 Å². The molecule has 0 aliphatic carbocycles. The number of fused-ring (bicyclic) bond motifs is 1. The van der Waals surface area contributed by atoms with Gasteiger partial charge in [-0.1, -0.05) is 0 Å². The van der Waals surface area contributed by atoms with Gasteiger partial charge in [0.2, 0.25) is 0 Å². The highest BCUT2D eigenvalue weighted by Crippen LogP contribution is 2.27. The minimum absolute atomic E-state index is 0. The molecule has 2 atom stereocenters. The fourth-order valence-corrected chi connectivity index (χ4v) is 2.74. The molecule has 0 aromatic carbocycles. The van der Waals surface area contributed by atoms with Gasteiger partial charge in [0.1, 0.15) is 0 Å². The van der Waals surface area contributed by atoms with Gasteiger partial charge in [0.05, 0.1) is 11.8 Å². The molecule has 0 radical (unpaired) electrons. The largest absolute Gasteiger partial charge is 0.338 e. The first-order chi connectivity index (χ1) is 8.25. The number of nitrogens with zero attached hydrogens (tertiary/aromatic N) is 2. The Morgan fingerprint density at radius 2 is 1.95 bits per heavy atom. The molecule has 3 rings (SSSR count). The number of hydrogen-bond acceptors (Lipinski definition) is 3. The number of hydrogen-bond donors (Lipinski definition) is 1. The third kappa shape index (κ3) is 2.99. The number of carbonyl (C=O) groups excluding carboxylic acids is 1. The Morgan fingerprint density at radius 3 is 2.53 bits per heavy atom. The highest BCUT2D eigenvalue weighted by molar-refractivity contribution is 5.94. The fourth-order valence-electron chi connectivity index (χ4n) is 2.74. The molecular weight excluding hydrogens is 292 g/mol. The smallest absolute Gasteiger partial charge is 0.256 e. The van der Waals surface area contributed by atoms with Gasteiger partial charge in [-0.2, -0.15) is 0 Å². The fraction of sp³-hybridized carbons (Fsp3) is 0.500. The van der Waals surface area contributed by atoms with Crippen molar-refractivity contribution in [1.29, 1.82) is 0 Å². The van der Waals surface area contributed by atoms with E-state index in [1.54, 1.807) is 4.90 Å². The van der Waals surface area contributed by atoms with Gasteiger partial charge < -0.3 is 10.2 Å². The summed E-state index contributed by atoms with van der Waals surface area (Å²) in [6.45, 7) is 3.40. The van der Waals surface area contributed by atoms with E-state index in [2.05, 4.69) is 10.3 Å². The van der Waals surface area contributed by atoms with E-state index in [-0.39, 0.29) is 36.3 Å². The normalized spacial score (nSPS) is 24.4. The molecular formula is C12H16Cl2FN3O. The number of nitrogens with one attached hydrogen (secondary N) is 1. The highest BCUT2D eigenvalue weighted by atomic mass is 35.5. The van der Waals surface area contributed by atoms with Crippen molar-refractivity contribution in [2.24, 2.45) is 11.8 Å². The molecule has 0 unspecified atom stereocenters. The van der Waals surface area contributed by atoms with Crippen LogP contribution >= 0.6 is 24.8 Å². The first-order valence-corrected chi connectivity index (χ1v) is 5.85. The summed E-state index contributed by atoms with van der Waals surface area (Å²) in [5.41, 5.74) is 0.132. The van der Waals surface area contributed by atoms with Gasteiger partial charge in [-0.05, 0) is 17.9 Å². The van der Waals surface area contributed by atoms with E-state index in [0.717, 1.165) is 32.4 Å². The third-order valence-corrected chi connectivity index (χ3v) is 3.68. The Morgan fingerprint density at radius 1 is 1.32 bits per heavy atom. The molecule has 3 heterocycles. The number of pyridine rings is 1. The molecule has 2 fully saturated rings. The second kappa shape index (κ2) is 6.50. The third-order valence-electron chi connectivity index (χ3n) is 3.68. The van der Waals surface area contributed by atoms with Gasteiger partial charge in [0, 0.05) is 32.4 Å². The first-order valence-electron chi connectivity index (χ1n) is 5.85. The van der Waals surface area contributed by atoms with Crippen molar-refractivity contribution in [2.45, 2.75) is 0 Å². The Labute approximate surface area is 123 Å². The first kappa shape index (κ1) is 16.1. The summed E-state index contributed by atoms with van der Waals surface area (Å²) in [6.07, 6.45) is 2.54. The molecule has 2 aliphatic rings. The molecule has 106 valence electrons. The molecule has 4 nitrogen and oxygen atoms in total. The Balaban J connectivity index is 0.000000902. The number of likely N-dealkylation sites (tertiary alicyclic amines) is 1. The number of amides is 1. The number of halogens is 3. The van der Waals surface area contributed by atoms with Crippen LogP contribution in [-0.2, 0) is 0 Å². The zero-order valence-corrected chi connectivity index (χ0v) is 11.8. The van der Waals surface area contributed by atoms with Crippen molar-refractivity contribution in [2.75, 3.05) is 26.2 Å². The van der Waals surface area contributed by atoms with E-state index in [4.69, 9.17) is 0 Å². The van der Waals surface area contributed by atoms with Gasteiger partial charge in [-0.15, -0.1) is 24.8 Å². The zero-order valence-electron chi connectivity index (χ0n) is 10.2. The van der Waals surface area contributed by atoms with E-state index in [1.165, 1.54) is 12.3 Å². The molecule has 0 spiro atoms. The molecule has 2 aliphatic heterocycles. The van der Waals surface area contributed by atoms with E-state index < -0.39 is 5.82 Å². The summed E-state index contributed by atoms with van der Waals surface area (Å²) < 4.78 is 13.5. The van der Waals surface area contributed by atoms with Crippen molar-refractivity contribution in [3.05, 3.63) is 29.8 Å². The van der Waals surface area contributed by atoms with E-state index in [9.17, 15) is 9.18 Å². The van der Waals surface area contributed by atoms with Crippen LogP contribution in [0.1, 0.15) is 10.4 Å². The Kier molecular flexibility index (Phi) is 5.52. The van der Waals surface area contributed by atoms with Crippen LogP contribution in [0.25, 0.3) is 0 Å². The maximum absolute atomic E-state index is 13.5. The minimum Gasteiger partial charge on any atom is -0.338 e. The summed E-state index contributed by atoms with van der Waals surface area (Å²) >= 11 is 0. The van der Waals surface area contributed by atoms with Crippen LogP contribution in [0.3, 0.4) is 0 Å². The Hall–Kier alpha value is -0.910. The standard InChI is InChI=1S/C12H14FN3O.2ClH/c13-11-5-14-2-1-10(11)12(17)16-6-8-3-15-4-9(8)7-16;;/h1-2,5,8-9,15H,3-4,6-7H2;2*1H/t8-,9+;;. The van der Waals surface area contributed by atoms with E-state index >= 15 is 0 Å². The van der Waals surface area contributed by atoms with Crippen LogP contribution in [0.2, 0.25) is 0 Å². The van der Waals surface area contributed by atoms with Crippen molar-refractivity contribution in [3.63, 3.8) is 0 Å². The number of aromatic nitrogens is 1. The molecule has 1 aromatic heterocycles. The topological polar surface area (TPSA) is 45.2 Å². The maximum atomic E-state index is 13.5. The molecule has 1 aromatic rings. The molecule has 7 heteroatoms. The van der Waals surface area contributed by atoms with Gasteiger partial charge in [0.25, 0.3) is 5.91 Å². The van der Waals surface area contributed by atoms with Gasteiger partial charge >= 0.3 is 0 Å². The lowest BCUT2D eigenvalue weighted by atomic mass is 10.0. The van der Waals surface area contributed by atoms with Gasteiger partial charge in [0.15, 0.2) is 5.82 Å². The van der Waals surface area contributed by atoms with Crippen molar-refractivity contribution >= 4 is 30.7 Å². The quantitative estimate of drug-likeness (QED) is 0.852. The van der Waals surface area contributed by atoms with Crippen LogP contribution in [0.4, 0.5) is 4.39 Å². The van der Waals surface area contributed by atoms with Crippen LogP contribution in [-0.4, -0.2) is 42.0 Å². The molecule has 19 heavy (non-hydrogen) atoms. The predicted molar refractivity (Wildman–Crippen MR) is 74.4 cm³/mol. The van der Waals surface area contributed by atoms with E-state index in [1.807, 2.05) is 0 Å². The summed E-state index contributed by atoms with van der Waals surface area (Å²) in [6, 6.07) is 1.45. The average molecular weight is 308 g/mol. The molecule has 2 saturated heterocycles. The highest BCUT2D eigenvalue weighted by Gasteiger charge is 2.38. The van der Waals surface area contributed by atoms with Crippen molar-refractivity contribution in [1.82, 2.24) is 15.2 Å². The van der Waals surface area contributed by atoms with Crippen LogP contribution in [0.5, 0.6) is 0 Å². The lowest BCUT2D eigenvalue weighted by molar-refractivity contribution is 0.0777. The second-order valence-electron chi connectivity index (χ2n) is 4.74. The maximum Gasteiger partial charge on any atom is 0.256 e. The zero-order chi connectivity index (χ0) is 11.8. The van der Waals surface area contributed by atoms with Crippen LogP contribution < -0.4 is 5.32 Å². The molecule has 1 amide bonds. The monoisotopic (exact) mass is 307 g/mol. The summed E-state index contributed by atoms with van der Waals surface area (Å²) in [7, 11) is 0. The Bertz CT molecular complexity index is 448. The number of rotatable bonds is 1. The van der Waals surface area contributed by atoms with Crippen molar-refractivity contribution in [3.8, 4) is 0 Å². The lowest BCUT2D eigenvalue weighted by Gasteiger charge is -2.17. The molecule has 1 N–H and O–H groups in total. The molecule has 0 bridgehead atoms. The summed E-state index contributed by atoms with van der Waals surface area (Å²) in [5.74, 6) is 0.319. The van der Waals surface area contributed by atoms with Crippen LogP contribution in [0.15, 0.2) is 18.5 Å². The lowest BCUT2D eigenvalue weighted by Crippen LogP contribution is -2.32. The summed E-state index contributed by atoms with van der Waals surface area (Å²) in [5, 5.41) is 3.31. The molecule has 0 saturated carbocycles. The summed E-state index contributed by atoms with van der Waals surface area (Å²) in [4.78, 5) is 17.6. The van der Waals surface area contributed by atoms with Crippen molar-refractivity contribution < 1.29 is 9.18 Å². The SMILES string of the molecule is Cl.Cl.O=C(c1ccncc1F)N1C[C@H]2CNC[C@H]2C1. The minimum atomic E-state index is -0.535.